The lowest BCUT2D eigenvalue weighted by Crippen LogP contribution is -2.40. The van der Waals surface area contributed by atoms with Gasteiger partial charge in [-0.15, -0.1) is 0 Å². The Kier molecular flexibility index (Phi) is 5.16. The molecule has 0 aromatic carbocycles. The van der Waals surface area contributed by atoms with Crippen LogP contribution in [-0.4, -0.2) is 54.9 Å². The first-order valence-corrected chi connectivity index (χ1v) is 9.39. The van der Waals surface area contributed by atoms with Crippen LogP contribution in [0.3, 0.4) is 0 Å². The normalized spacial score (nSPS) is 17.2. The summed E-state index contributed by atoms with van der Waals surface area (Å²) < 4.78 is 31.7. The minimum atomic E-state index is -3.62. The van der Waals surface area contributed by atoms with Crippen molar-refractivity contribution in [2.24, 2.45) is 0 Å². The lowest BCUT2D eigenvalue weighted by molar-refractivity contribution is 0.0730. The van der Waals surface area contributed by atoms with E-state index in [0.717, 1.165) is 5.56 Å². The molecule has 3 rings (SSSR count). The van der Waals surface area contributed by atoms with Crippen LogP contribution in [0.15, 0.2) is 41.7 Å². The molecule has 1 amide bonds. The van der Waals surface area contributed by atoms with Crippen molar-refractivity contribution in [1.29, 1.82) is 0 Å². The maximum Gasteiger partial charge on any atom is 0.268 e. The van der Waals surface area contributed by atoms with E-state index < -0.39 is 10.0 Å². The summed E-state index contributed by atoms with van der Waals surface area (Å²) in [7, 11) is -3.62. The molecule has 3 heterocycles. The molecular formula is C16H20N4O4S. The predicted molar refractivity (Wildman–Crippen MR) is 90.5 cm³/mol. The average Bonchev–Trinajstić information content (AvgIpc) is 3.14. The number of carbonyl (C=O) groups excluding carboxylic acids is 1. The number of aromatic nitrogens is 2. The molecule has 0 spiro atoms. The summed E-state index contributed by atoms with van der Waals surface area (Å²) in [5.41, 5.74) is 1.06. The van der Waals surface area contributed by atoms with Crippen molar-refractivity contribution in [2.45, 2.75) is 17.9 Å². The number of rotatable bonds is 5. The summed E-state index contributed by atoms with van der Waals surface area (Å²) in [5, 5.41) is 2.82. The first-order valence-electron chi connectivity index (χ1n) is 7.95. The van der Waals surface area contributed by atoms with Gasteiger partial charge in [-0.3, -0.25) is 9.78 Å². The molecule has 0 unspecified atom stereocenters. The number of pyridine rings is 1. The lowest BCUT2D eigenvalue weighted by Gasteiger charge is -2.25. The summed E-state index contributed by atoms with van der Waals surface area (Å²) in [6, 6.07) is 4.76. The highest BCUT2D eigenvalue weighted by Crippen LogP contribution is 2.19. The monoisotopic (exact) mass is 364 g/mol. The molecule has 25 heavy (non-hydrogen) atoms. The number of hydrogen-bond acceptors (Lipinski definition) is 5. The quantitative estimate of drug-likeness (QED) is 0.821. The number of hydrogen-bond donors (Lipinski definition) is 2. The Morgan fingerprint density at radius 3 is 2.84 bits per heavy atom. The van der Waals surface area contributed by atoms with E-state index in [1.807, 2.05) is 13.0 Å². The van der Waals surface area contributed by atoms with E-state index in [1.54, 1.807) is 18.5 Å². The zero-order valence-electron chi connectivity index (χ0n) is 13.8. The number of carbonyl (C=O) groups is 1. The zero-order valence-corrected chi connectivity index (χ0v) is 14.6. The van der Waals surface area contributed by atoms with E-state index in [9.17, 15) is 13.2 Å². The van der Waals surface area contributed by atoms with E-state index >= 15 is 0 Å². The second kappa shape index (κ2) is 7.34. The highest BCUT2D eigenvalue weighted by atomic mass is 32.2. The van der Waals surface area contributed by atoms with Crippen molar-refractivity contribution in [2.75, 3.05) is 26.3 Å². The molecule has 2 aromatic rings. The Morgan fingerprint density at radius 1 is 1.40 bits per heavy atom. The molecule has 1 fully saturated rings. The summed E-state index contributed by atoms with van der Waals surface area (Å²) >= 11 is 0. The van der Waals surface area contributed by atoms with Crippen LogP contribution in [0, 0.1) is 0 Å². The van der Waals surface area contributed by atoms with Crippen molar-refractivity contribution in [3.05, 3.63) is 48.0 Å². The number of morpholine rings is 1. The second-order valence-corrected chi connectivity index (χ2v) is 7.68. The van der Waals surface area contributed by atoms with Crippen LogP contribution in [-0.2, 0) is 14.8 Å². The van der Waals surface area contributed by atoms with E-state index in [0.29, 0.717) is 26.3 Å². The van der Waals surface area contributed by atoms with Crippen molar-refractivity contribution in [3.8, 4) is 0 Å². The van der Waals surface area contributed by atoms with Crippen LogP contribution in [0.25, 0.3) is 0 Å². The van der Waals surface area contributed by atoms with E-state index in [4.69, 9.17) is 4.74 Å². The highest BCUT2D eigenvalue weighted by Gasteiger charge is 2.28. The molecule has 8 nitrogen and oxygen atoms in total. The van der Waals surface area contributed by atoms with Gasteiger partial charge >= 0.3 is 0 Å². The Morgan fingerprint density at radius 2 is 2.16 bits per heavy atom. The maximum atomic E-state index is 12.6. The fraction of sp³-hybridized carbons (Fsp3) is 0.375. The van der Waals surface area contributed by atoms with Gasteiger partial charge in [-0.05, 0) is 24.6 Å². The predicted octanol–water partition coefficient (Wildman–Crippen LogP) is 0.922. The SMILES string of the molecule is C[C@H](NC(=O)c1cc(S(=O)(=O)N2CCOCC2)c[nH]1)c1cccnc1. The third-order valence-corrected chi connectivity index (χ3v) is 5.92. The van der Waals surface area contributed by atoms with Gasteiger partial charge in [0.15, 0.2) is 0 Å². The molecule has 1 aliphatic rings. The largest absolute Gasteiger partial charge is 0.379 e. The van der Waals surface area contributed by atoms with E-state index in [-0.39, 0.29) is 22.5 Å². The average molecular weight is 364 g/mol. The van der Waals surface area contributed by atoms with Crippen LogP contribution in [0.4, 0.5) is 0 Å². The topological polar surface area (TPSA) is 104 Å². The Balaban J connectivity index is 1.71. The van der Waals surface area contributed by atoms with Gasteiger partial charge in [0.25, 0.3) is 5.91 Å². The summed E-state index contributed by atoms with van der Waals surface area (Å²) in [4.78, 5) is 19.2. The molecule has 2 N–H and O–H groups in total. The molecule has 134 valence electrons. The summed E-state index contributed by atoms with van der Waals surface area (Å²) in [6.07, 6.45) is 4.67. The fourth-order valence-corrected chi connectivity index (χ4v) is 3.98. The van der Waals surface area contributed by atoms with Crippen molar-refractivity contribution >= 4 is 15.9 Å². The second-order valence-electron chi connectivity index (χ2n) is 5.75. The maximum absolute atomic E-state index is 12.6. The smallest absolute Gasteiger partial charge is 0.268 e. The molecule has 0 radical (unpaired) electrons. The summed E-state index contributed by atoms with van der Waals surface area (Å²) in [5.74, 6) is -0.375. The van der Waals surface area contributed by atoms with Gasteiger partial charge in [0.05, 0.1) is 19.3 Å². The number of H-pyrrole nitrogens is 1. The van der Waals surface area contributed by atoms with Crippen LogP contribution < -0.4 is 5.32 Å². The Labute approximate surface area is 146 Å². The highest BCUT2D eigenvalue weighted by molar-refractivity contribution is 7.89. The third-order valence-electron chi connectivity index (χ3n) is 4.04. The van der Waals surface area contributed by atoms with Crippen molar-refractivity contribution in [1.82, 2.24) is 19.6 Å². The minimum absolute atomic E-state index is 0.0774. The number of ether oxygens (including phenoxy) is 1. The van der Waals surface area contributed by atoms with Crippen LogP contribution in [0.2, 0.25) is 0 Å². The molecule has 1 aliphatic heterocycles. The fourth-order valence-electron chi connectivity index (χ4n) is 2.58. The summed E-state index contributed by atoms with van der Waals surface area (Å²) in [6.45, 7) is 3.21. The van der Waals surface area contributed by atoms with Gasteiger partial charge in [-0.25, -0.2) is 8.42 Å². The van der Waals surface area contributed by atoms with E-state index in [2.05, 4.69) is 15.3 Å². The van der Waals surface area contributed by atoms with Crippen LogP contribution in [0.5, 0.6) is 0 Å². The molecule has 2 aromatic heterocycles. The van der Waals surface area contributed by atoms with Gasteiger partial charge < -0.3 is 15.0 Å². The Bertz CT molecular complexity index is 829. The molecule has 0 aliphatic carbocycles. The minimum Gasteiger partial charge on any atom is -0.379 e. The van der Waals surface area contributed by atoms with Gasteiger partial charge in [0, 0.05) is 31.7 Å². The van der Waals surface area contributed by atoms with Gasteiger partial charge in [0.2, 0.25) is 10.0 Å². The number of aromatic amines is 1. The van der Waals surface area contributed by atoms with Crippen LogP contribution >= 0.6 is 0 Å². The van der Waals surface area contributed by atoms with Gasteiger partial charge in [0.1, 0.15) is 10.6 Å². The standard InChI is InChI=1S/C16H20N4O4S/c1-12(13-3-2-4-17-10-13)19-16(21)15-9-14(11-18-15)25(22,23)20-5-7-24-8-6-20/h2-4,9-12,18H,5-8H2,1H3,(H,19,21)/t12-/m0/s1. The van der Waals surface area contributed by atoms with Gasteiger partial charge in [-0.1, -0.05) is 6.07 Å². The molecular weight excluding hydrogens is 344 g/mol. The molecule has 0 saturated carbocycles. The zero-order chi connectivity index (χ0) is 17.9. The van der Waals surface area contributed by atoms with Crippen LogP contribution in [0.1, 0.15) is 29.0 Å². The van der Waals surface area contributed by atoms with Crippen molar-refractivity contribution < 1.29 is 17.9 Å². The Hall–Kier alpha value is -2.23. The molecule has 1 saturated heterocycles. The van der Waals surface area contributed by atoms with E-state index in [1.165, 1.54) is 16.6 Å². The first-order chi connectivity index (χ1) is 12.0. The number of nitrogens with one attached hydrogen (secondary N) is 2. The molecule has 1 atom stereocenters. The molecule has 9 heteroatoms. The lowest BCUT2D eigenvalue weighted by atomic mass is 10.1. The molecule has 0 bridgehead atoms. The third kappa shape index (κ3) is 3.89. The number of nitrogens with zero attached hydrogens (tertiary/aromatic N) is 2. The first kappa shape index (κ1) is 17.6. The van der Waals surface area contributed by atoms with Crippen molar-refractivity contribution in [3.63, 3.8) is 0 Å². The number of sulfonamides is 1. The number of amides is 1. The van der Waals surface area contributed by atoms with Gasteiger partial charge in [-0.2, -0.15) is 4.31 Å².